The Bertz CT molecular complexity index is 1070. The molecule has 2 bridgehead atoms. The number of fused-ring (bicyclic) bond motifs is 2. The molecule has 1 amide bonds. The largest absolute Gasteiger partial charge is 0.348 e. The Morgan fingerprint density at radius 3 is 2.22 bits per heavy atom. The number of piperidine rings is 1. The quantitative estimate of drug-likeness (QED) is 0.452. The second-order valence-electron chi connectivity index (χ2n) is 12.0. The summed E-state index contributed by atoms with van der Waals surface area (Å²) in [7, 11) is 0. The highest BCUT2D eigenvalue weighted by Gasteiger charge is 2.42. The SMILES string of the molecule is Cc1sc([C@H](CCN2[C@H]3CC[C@H]2CC(n2c(C)nnc2C(C)C)C3)NC(=O)C2CCCC2)c(C)c1C. The van der Waals surface area contributed by atoms with Crippen LogP contribution in [-0.2, 0) is 4.79 Å². The third-order valence-electron chi connectivity index (χ3n) is 9.39. The van der Waals surface area contributed by atoms with Crippen LogP contribution in [0, 0.1) is 33.6 Å². The first kappa shape index (κ1) is 25.9. The van der Waals surface area contributed by atoms with E-state index in [2.05, 4.69) is 66.5 Å². The van der Waals surface area contributed by atoms with Crippen LogP contribution in [-0.4, -0.2) is 44.2 Å². The molecule has 198 valence electrons. The monoisotopic (exact) mass is 511 g/mol. The summed E-state index contributed by atoms with van der Waals surface area (Å²) < 4.78 is 2.44. The Kier molecular flexibility index (Phi) is 7.60. The van der Waals surface area contributed by atoms with Crippen LogP contribution in [0.2, 0.25) is 0 Å². The first-order chi connectivity index (χ1) is 17.2. The molecule has 2 aliphatic heterocycles. The third-order valence-corrected chi connectivity index (χ3v) is 10.8. The van der Waals surface area contributed by atoms with E-state index in [4.69, 9.17) is 0 Å². The summed E-state index contributed by atoms with van der Waals surface area (Å²) in [6.45, 7) is 14.3. The molecule has 3 aliphatic rings. The zero-order chi connectivity index (χ0) is 25.6. The second kappa shape index (κ2) is 10.6. The molecule has 0 radical (unpaired) electrons. The van der Waals surface area contributed by atoms with Crippen molar-refractivity contribution in [2.45, 2.75) is 129 Å². The van der Waals surface area contributed by atoms with Crippen molar-refractivity contribution in [3.8, 4) is 0 Å². The summed E-state index contributed by atoms with van der Waals surface area (Å²) in [6, 6.07) is 1.87. The van der Waals surface area contributed by atoms with Gasteiger partial charge in [-0.05, 0) is 83.8 Å². The van der Waals surface area contributed by atoms with Crippen molar-refractivity contribution in [3.63, 3.8) is 0 Å². The predicted octanol–water partition coefficient (Wildman–Crippen LogP) is 6.30. The zero-order valence-electron chi connectivity index (χ0n) is 23.1. The van der Waals surface area contributed by atoms with Crippen molar-refractivity contribution in [3.05, 3.63) is 32.5 Å². The van der Waals surface area contributed by atoms with Crippen molar-refractivity contribution in [2.75, 3.05) is 6.54 Å². The maximum atomic E-state index is 13.2. The van der Waals surface area contributed by atoms with E-state index in [1.807, 2.05) is 11.3 Å². The average molecular weight is 512 g/mol. The van der Waals surface area contributed by atoms with Crippen molar-refractivity contribution in [1.29, 1.82) is 0 Å². The predicted molar refractivity (Wildman–Crippen MR) is 147 cm³/mol. The molecule has 0 aromatic carbocycles. The van der Waals surface area contributed by atoms with Gasteiger partial charge in [-0.15, -0.1) is 21.5 Å². The number of rotatable bonds is 8. The van der Waals surface area contributed by atoms with Crippen molar-refractivity contribution in [2.24, 2.45) is 5.92 Å². The minimum absolute atomic E-state index is 0.125. The molecule has 5 rings (SSSR count). The van der Waals surface area contributed by atoms with Crippen LogP contribution in [0.1, 0.15) is 122 Å². The molecule has 7 heteroatoms. The first-order valence-electron chi connectivity index (χ1n) is 14.3. The average Bonchev–Trinajstić information content (AvgIpc) is 3.61. The van der Waals surface area contributed by atoms with E-state index in [9.17, 15) is 4.79 Å². The molecule has 0 spiro atoms. The Hall–Kier alpha value is -1.73. The lowest BCUT2D eigenvalue weighted by molar-refractivity contribution is -0.125. The van der Waals surface area contributed by atoms with Gasteiger partial charge in [0.15, 0.2) is 0 Å². The minimum Gasteiger partial charge on any atom is -0.348 e. The zero-order valence-corrected chi connectivity index (χ0v) is 24.0. The van der Waals surface area contributed by atoms with Crippen LogP contribution in [0.5, 0.6) is 0 Å². The van der Waals surface area contributed by atoms with E-state index in [1.54, 1.807) is 0 Å². The molecular formula is C29H45N5OS. The Morgan fingerprint density at radius 2 is 1.64 bits per heavy atom. The van der Waals surface area contributed by atoms with Crippen LogP contribution in [0.15, 0.2) is 0 Å². The summed E-state index contributed by atoms with van der Waals surface area (Å²) >= 11 is 1.89. The Labute approximate surface area is 221 Å². The molecule has 3 fully saturated rings. The van der Waals surface area contributed by atoms with Crippen LogP contribution in [0.3, 0.4) is 0 Å². The molecule has 1 aliphatic carbocycles. The number of hydrogen-bond donors (Lipinski definition) is 1. The number of aryl methyl sites for hydroxylation is 2. The van der Waals surface area contributed by atoms with E-state index in [-0.39, 0.29) is 17.9 Å². The third kappa shape index (κ3) is 4.90. The lowest BCUT2D eigenvalue weighted by Crippen LogP contribution is -2.45. The topological polar surface area (TPSA) is 63.1 Å². The van der Waals surface area contributed by atoms with Gasteiger partial charge in [0, 0.05) is 46.3 Å². The standard InChI is InChI=1S/C29H45N5OS/c1-17(2)28-32-31-21(6)34(28)25-15-23-11-12-24(16-25)33(23)14-13-26(27-19(4)18(3)20(5)36-27)30-29(35)22-9-7-8-10-22/h17,22-26H,7-16H2,1-6H3,(H,30,35)/t23-,24-,26-/m0/s1. The molecular weight excluding hydrogens is 466 g/mol. The normalized spacial score (nSPS) is 25.7. The van der Waals surface area contributed by atoms with E-state index in [0.717, 1.165) is 37.5 Å². The van der Waals surface area contributed by atoms with Crippen LogP contribution < -0.4 is 5.32 Å². The fourth-order valence-corrected chi connectivity index (χ4v) is 8.44. The summed E-state index contributed by atoms with van der Waals surface area (Å²) in [5, 5.41) is 12.5. The number of carbonyl (C=O) groups excluding carboxylic acids is 1. The van der Waals surface area contributed by atoms with Crippen molar-refractivity contribution < 1.29 is 4.79 Å². The number of thiophene rings is 1. The number of amides is 1. The van der Waals surface area contributed by atoms with Gasteiger partial charge in [-0.25, -0.2) is 0 Å². The molecule has 1 saturated carbocycles. The van der Waals surface area contributed by atoms with Gasteiger partial charge in [-0.2, -0.15) is 0 Å². The van der Waals surface area contributed by atoms with E-state index < -0.39 is 0 Å². The fourth-order valence-electron chi connectivity index (χ4n) is 7.18. The molecule has 2 aromatic heterocycles. The number of hydrogen-bond acceptors (Lipinski definition) is 5. The second-order valence-corrected chi connectivity index (χ2v) is 13.2. The first-order valence-corrected chi connectivity index (χ1v) is 15.1. The van der Waals surface area contributed by atoms with Crippen LogP contribution in [0.4, 0.5) is 0 Å². The Morgan fingerprint density at radius 1 is 0.972 bits per heavy atom. The summed E-state index contributed by atoms with van der Waals surface area (Å²) in [4.78, 5) is 18.7. The van der Waals surface area contributed by atoms with Gasteiger partial charge in [0.05, 0.1) is 6.04 Å². The molecule has 0 unspecified atom stereocenters. The van der Waals surface area contributed by atoms with Gasteiger partial charge < -0.3 is 9.88 Å². The molecule has 1 N–H and O–H groups in total. The fraction of sp³-hybridized carbons (Fsp3) is 0.759. The van der Waals surface area contributed by atoms with E-state index in [0.29, 0.717) is 24.0 Å². The number of carbonyl (C=O) groups is 1. The van der Waals surface area contributed by atoms with Crippen LogP contribution in [0.25, 0.3) is 0 Å². The van der Waals surface area contributed by atoms with Gasteiger partial charge in [0.25, 0.3) is 0 Å². The maximum absolute atomic E-state index is 13.2. The highest BCUT2D eigenvalue weighted by atomic mass is 32.1. The maximum Gasteiger partial charge on any atom is 0.223 e. The summed E-state index contributed by atoms with van der Waals surface area (Å²) in [6.07, 6.45) is 10.4. The molecule has 2 aromatic rings. The van der Waals surface area contributed by atoms with Gasteiger partial charge in [0.2, 0.25) is 5.91 Å². The lowest BCUT2D eigenvalue weighted by atomic mass is 9.95. The number of aromatic nitrogens is 3. The van der Waals surface area contributed by atoms with Crippen molar-refractivity contribution in [1.82, 2.24) is 25.0 Å². The van der Waals surface area contributed by atoms with E-state index in [1.165, 1.54) is 59.4 Å². The van der Waals surface area contributed by atoms with E-state index >= 15 is 0 Å². The molecule has 4 heterocycles. The minimum atomic E-state index is 0.125. The Balaban J connectivity index is 1.30. The highest BCUT2D eigenvalue weighted by molar-refractivity contribution is 7.12. The molecule has 3 atom stereocenters. The molecule has 6 nitrogen and oxygen atoms in total. The van der Waals surface area contributed by atoms with Gasteiger partial charge in [-0.3, -0.25) is 9.69 Å². The summed E-state index contributed by atoms with van der Waals surface area (Å²) in [5.74, 6) is 3.09. The smallest absolute Gasteiger partial charge is 0.223 e. The van der Waals surface area contributed by atoms with Gasteiger partial charge in [-0.1, -0.05) is 26.7 Å². The number of nitrogens with one attached hydrogen (secondary N) is 1. The summed E-state index contributed by atoms with van der Waals surface area (Å²) in [5.41, 5.74) is 2.77. The number of nitrogens with zero attached hydrogens (tertiary/aromatic N) is 4. The van der Waals surface area contributed by atoms with Gasteiger partial charge in [0.1, 0.15) is 11.6 Å². The van der Waals surface area contributed by atoms with Crippen molar-refractivity contribution >= 4 is 17.2 Å². The highest BCUT2D eigenvalue weighted by Crippen LogP contribution is 2.43. The lowest BCUT2D eigenvalue weighted by Gasteiger charge is -2.40. The van der Waals surface area contributed by atoms with Gasteiger partial charge >= 0.3 is 0 Å². The van der Waals surface area contributed by atoms with Crippen LogP contribution >= 0.6 is 11.3 Å². The molecule has 2 saturated heterocycles. The molecule has 36 heavy (non-hydrogen) atoms.